The SMILES string of the molecule is CNC1CCCN(CC(=O)NC(c2ccc(OC)cc2)C2CC2)C1. The Balaban J connectivity index is 1.57. The van der Waals surface area contributed by atoms with Crippen molar-refractivity contribution >= 4 is 5.91 Å². The predicted octanol–water partition coefficient (Wildman–Crippen LogP) is 1.95. The molecule has 2 N–H and O–H groups in total. The zero-order valence-electron chi connectivity index (χ0n) is 14.8. The molecular formula is C19H29N3O2. The fraction of sp³-hybridized carbons (Fsp3) is 0.632. The largest absolute Gasteiger partial charge is 0.497 e. The number of carbonyl (C=O) groups is 1. The van der Waals surface area contributed by atoms with Gasteiger partial charge in [0.1, 0.15) is 5.75 Å². The van der Waals surface area contributed by atoms with Gasteiger partial charge in [-0.25, -0.2) is 0 Å². The number of nitrogens with one attached hydrogen (secondary N) is 2. The van der Waals surface area contributed by atoms with Gasteiger partial charge in [0.05, 0.1) is 19.7 Å². The molecule has 1 aromatic carbocycles. The summed E-state index contributed by atoms with van der Waals surface area (Å²) in [6.45, 7) is 2.47. The molecule has 0 aromatic heterocycles. The molecule has 1 aliphatic heterocycles. The molecule has 1 aliphatic carbocycles. The summed E-state index contributed by atoms with van der Waals surface area (Å²) in [7, 11) is 3.67. The standard InChI is InChI=1S/C19H29N3O2/c1-20-16-4-3-11-22(12-16)13-18(23)21-19(14-5-6-14)15-7-9-17(24-2)10-8-15/h7-10,14,16,19-20H,3-6,11-13H2,1-2H3,(H,21,23). The lowest BCUT2D eigenvalue weighted by Gasteiger charge is -2.32. The Morgan fingerprint density at radius 3 is 2.67 bits per heavy atom. The lowest BCUT2D eigenvalue weighted by atomic mass is 10.0. The number of likely N-dealkylation sites (tertiary alicyclic amines) is 1. The molecule has 3 rings (SSSR count). The van der Waals surface area contributed by atoms with Crippen LogP contribution in [-0.2, 0) is 4.79 Å². The number of rotatable bonds is 7. The van der Waals surface area contributed by atoms with E-state index in [2.05, 4.69) is 27.7 Å². The number of piperidine rings is 1. The van der Waals surface area contributed by atoms with Crippen molar-refractivity contribution in [2.24, 2.45) is 5.92 Å². The lowest BCUT2D eigenvalue weighted by Crippen LogP contribution is -2.48. The van der Waals surface area contributed by atoms with Crippen LogP contribution in [0.3, 0.4) is 0 Å². The van der Waals surface area contributed by atoms with Gasteiger partial charge in [0, 0.05) is 12.6 Å². The number of hydrogen-bond donors (Lipinski definition) is 2. The molecule has 1 aromatic rings. The van der Waals surface area contributed by atoms with E-state index in [4.69, 9.17) is 4.74 Å². The molecule has 2 unspecified atom stereocenters. The maximum atomic E-state index is 12.5. The van der Waals surface area contributed by atoms with Crippen molar-refractivity contribution in [3.63, 3.8) is 0 Å². The number of hydrogen-bond acceptors (Lipinski definition) is 4. The Hall–Kier alpha value is -1.59. The fourth-order valence-corrected chi connectivity index (χ4v) is 3.57. The minimum Gasteiger partial charge on any atom is -0.497 e. The van der Waals surface area contributed by atoms with Crippen LogP contribution < -0.4 is 15.4 Å². The first-order valence-electron chi connectivity index (χ1n) is 9.02. The first-order valence-corrected chi connectivity index (χ1v) is 9.02. The second-order valence-electron chi connectivity index (χ2n) is 7.02. The first kappa shape index (κ1) is 17.2. The zero-order valence-corrected chi connectivity index (χ0v) is 14.8. The minimum absolute atomic E-state index is 0.133. The van der Waals surface area contributed by atoms with Gasteiger partial charge < -0.3 is 15.4 Å². The average molecular weight is 331 g/mol. The van der Waals surface area contributed by atoms with Crippen molar-refractivity contribution in [2.45, 2.75) is 37.8 Å². The summed E-state index contributed by atoms with van der Waals surface area (Å²) >= 11 is 0. The lowest BCUT2D eigenvalue weighted by molar-refractivity contribution is -0.123. The fourth-order valence-electron chi connectivity index (χ4n) is 3.57. The number of likely N-dealkylation sites (N-methyl/N-ethyl adjacent to an activating group) is 1. The van der Waals surface area contributed by atoms with Gasteiger partial charge in [-0.2, -0.15) is 0 Å². The topological polar surface area (TPSA) is 53.6 Å². The molecule has 132 valence electrons. The predicted molar refractivity (Wildman–Crippen MR) is 95.1 cm³/mol. The van der Waals surface area contributed by atoms with Crippen molar-refractivity contribution in [2.75, 3.05) is 33.8 Å². The molecule has 1 amide bonds. The van der Waals surface area contributed by atoms with Crippen LogP contribution in [0.4, 0.5) is 0 Å². The van der Waals surface area contributed by atoms with Gasteiger partial charge in [-0.05, 0) is 62.9 Å². The van der Waals surface area contributed by atoms with E-state index in [0.717, 1.165) is 25.3 Å². The van der Waals surface area contributed by atoms with Crippen LogP contribution in [0.15, 0.2) is 24.3 Å². The number of ether oxygens (including phenoxy) is 1. The average Bonchev–Trinajstić information content (AvgIpc) is 3.45. The van der Waals surface area contributed by atoms with Crippen LogP contribution in [0.5, 0.6) is 5.75 Å². The minimum atomic E-state index is 0.133. The highest BCUT2D eigenvalue weighted by Crippen LogP contribution is 2.41. The van der Waals surface area contributed by atoms with Gasteiger partial charge in [0.25, 0.3) is 0 Å². The van der Waals surface area contributed by atoms with Crippen molar-refractivity contribution in [3.05, 3.63) is 29.8 Å². The number of methoxy groups -OCH3 is 1. The van der Waals surface area contributed by atoms with Gasteiger partial charge >= 0.3 is 0 Å². The maximum absolute atomic E-state index is 12.5. The molecule has 0 radical (unpaired) electrons. The van der Waals surface area contributed by atoms with Crippen molar-refractivity contribution in [1.82, 2.24) is 15.5 Å². The molecule has 0 bridgehead atoms. The number of nitrogens with zero attached hydrogens (tertiary/aromatic N) is 1. The van der Waals surface area contributed by atoms with Gasteiger partial charge in [-0.3, -0.25) is 9.69 Å². The van der Waals surface area contributed by atoms with E-state index in [1.165, 1.54) is 24.8 Å². The van der Waals surface area contributed by atoms with Gasteiger partial charge in [-0.15, -0.1) is 0 Å². The third-order valence-electron chi connectivity index (χ3n) is 5.17. The molecular weight excluding hydrogens is 302 g/mol. The summed E-state index contributed by atoms with van der Waals surface area (Å²) in [6.07, 6.45) is 4.75. The van der Waals surface area contributed by atoms with Gasteiger partial charge in [0.2, 0.25) is 5.91 Å². The Kier molecular flexibility index (Phi) is 5.74. The molecule has 5 heteroatoms. The van der Waals surface area contributed by atoms with Crippen LogP contribution in [0.2, 0.25) is 0 Å². The normalized spacial score (nSPS) is 22.8. The van der Waals surface area contributed by atoms with Gasteiger partial charge in [0.15, 0.2) is 0 Å². The van der Waals surface area contributed by atoms with E-state index >= 15 is 0 Å². The maximum Gasteiger partial charge on any atom is 0.234 e. The van der Waals surface area contributed by atoms with E-state index in [1.807, 2.05) is 19.2 Å². The molecule has 1 saturated carbocycles. The highest BCUT2D eigenvalue weighted by atomic mass is 16.5. The summed E-state index contributed by atoms with van der Waals surface area (Å²) in [4.78, 5) is 14.8. The van der Waals surface area contributed by atoms with E-state index in [9.17, 15) is 4.79 Å². The molecule has 1 heterocycles. The van der Waals surface area contributed by atoms with Crippen molar-refractivity contribution in [3.8, 4) is 5.75 Å². The van der Waals surface area contributed by atoms with Gasteiger partial charge in [-0.1, -0.05) is 12.1 Å². The second-order valence-corrected chi connectivity index (χ2v) is 7.02. The highest BCUT2D eigenvalue weighted by molar-refractivity contribution is 5.78. The Morgan fingerprint density at radius 1 is 1.29 bits per heavy atom. The van der Waals surface area contributed by atoms with Crippen LogP contribution in [0.25, 0.3) is 0 Å². The molecule has 2 atom stereocenters. The summed E-state index contributed by atoms with van der Waals surface area (Å²) in [5, 5.41) is 6.60. The molecule has 24 heavy (non-hydrogen) atoms. The molecule has 1 saturated heterocycles. The van der Waals surface area contributed by atoms with Crippen LogP contribution in [0.1, 0.15) is 37.3 Å². The monoisotopic (exact) mass is 331 g/mol. The molecule has 0 spiro atoms. The van der Waals surface area contributed by atoms with E-state index < -0.39 is 0 Å². The molecule has 2 fully saturated rings. The summed E-state index contributed by atoms with van der Waals surface area (Å²) in [5.74, 6) is 1.57. The smallest absolute Gasteiger partial charge is 0.234 e. The van der Waals surface area contributed by atoms with Crippen LogP contribution >= 0.6 is 0 Å². The summed E-state index contributed by atoms with van der Waals surface area (Å²) in [5.41, 5.74) is 1.18. The third-order valence-corrected chi connectivity index (χ3v) is 5.17. The molecule has 5 nitrogen and oxygen atoms in total. The Labute approximate surface area is 144 Å². The van der Waals surface area contributed by atoms with Crippen molar-refractivity contribution < 1.29 is 9.53 Å². The van der Waals surface area contributed by atoms with Crippen molar-refractivity contribution in [1.29, 1.82) is 0 Å². The third kappa shape index (κ3) is 4.48. The van der Waals surface area contributed by atoms with E-state index in [1.54, 1.807) is 7.11 Å². The van der Waals surface area contributed by atoms with E-state index in [0.29, 0.717) is 18.5 Å². The quantitative estimate of drug-likeness (QED) is 0.802. The van der Waals surface area contributed by atoms with Crippen LogP contribution in [0, 0.1) is 5.92 Å². The Bertz CT molecular complexity index is 542. The highest BCUT2D eigenvalue weighted by Gasteiger charge is 2.33. The number of carbonyl (C=O) groups excluding carboxylic acids is 1. The molecule has 2 aliphatic rings. The first-order chi connectivity index (χ1) is 11.7. The summed E-state index contributed by atoms with van der Waals surface area (Å²) < 4.78 is 5.23. The zero-order chi connectivity index (χ0) is 16.9. The van der Waals surface area contributed by atoms with E-state index in [-0.39, 0.29) is 11.9 Å². The summed E-state index contributed by atoms with van der Waals surface area (Å²) in [6, 6.07) is 8.72. The Morgan fingerprint density at radius 2 is 2.04 bits per heavy atom. The van der Waals surface area contributed by atoms with Crippen LogP contribution in [-0.4, -0.2) is 50.6 Å². The second kappa shape index (κ2) is 7.99. The number of amides is 1. The number of benzene rings is 1.